The summed E-state index contributed by atoms with van der Waals surface area (Å²) >= 11 is 4.79. The smallest absolute Gasteiger partial charge is 0.269 e. The minimum Gasteiger partial charge on any atom is -0.488 e. The molecule has 1 amide bonds. The lowest BCUT2D eigenvalue weighted by Crippen LogP contribution is -2.13. The van der Waals surface area contributed by atoms with Gasteiger partial charge in [-0.3, -0.25) is 14.9 Å². The molecular weight excluding hydrogens is 544 g/mol. The van der Waals surface area contributed by atoms with E-state index in [2.05, 4.69) is 27.3 Å². The number of nitro groups is 1. The molecule has 0 bridgehead atoms. The number of aryl methyl sites for hydroxylation is 1. The highest BCUT2D eigenvalue weighted by atomic mass is 79.9. The maximum absolute atomic E-state index is 13.0. The summed E-state index contributed by atoms with van der Waals surface area (Å²) in [6, 6.07) is 15.4. The van der Waals surface area contributed by atoms with Crippen LogP contribution in [0.1, 0.15) is 40.0 Å². The zero-order valence-electron chi connectivity index (χ0n) is 18.9. The second-order valence-corrected chi connectivity index (χ2v) is 10.1. The van der Waals surface area contributed by atoms with Gasteiger partial charge < -0.3 is 10.1 Å². The number of fused-ring (bicyclic) bond motifs is 1. The van der Waals surface area contributed by atoms with Crippen molar-refractivity contribution >= 4 is 49.9 Å². The first-order chi connectivity index (χ1) is 17.4. The Kier molecular flexibility index (Phi) is 7.79. The Morgan fingerprint density at radius 3 is 2.78 bits per heavy atom. The largest absolute Gasteiger partial charge is 0.488 e. The van der Waals surface area contributed by atoms with Crippen molar-refractivity contribution in [2.24, 2.45) is 0 Å². The Labute approximate surface area is 219 Å². The van der Waals surface area contributed by atoms with Gasteiger partial charge in [0.05, 0.1) is 10.5 Å². The third-order valence-electron chi connectivity index (χ3n) is 5.66. The van der Waals surface area contributed by atoms with Gasteiger partial charge in [-0.2, -0.15) is 10.5 Å². The summed E-state index contributed by atoms with van der Waals surface area (Å²) in [5.74, 6) is -0.216. The molecule has 180 valence electrons. The van der Waals surface area contributed by atoms with Gasteiger partial charge in [0.15, 0.2) is 0 Å². The maximum Gasteiger partial charge on any atom is 0.269 e. The van der Waals surface area contributed by atoms with Gasteiger partial charge in [0.25, 0.3) is 11.6 Å². The van der Waals surface area contributed by atoms with Crippen LogP contribution >= 0.6 is 27.3 Å². The first kappa shape index (κ1) is 25.1. The summed E-state index contributed by atoms with van der Waals surface area (Å²) in [7, 11) is 0. The van der Waals surface area contributed by atoms with Crippen molar-refractivity contribution in [2.45, 2.75) is 32.3 Å². The fraction of sp³-hybridized carbons (Fsp3) is 0.192. The van der Waals surface area contributed by atoms with Crippen LogP contribution in [0.5, 0.6) is 5.75 Å². The molecule has 36 heavy (non-hydrogen) atoms. The van der Waals surface area contributed by atoms with E-state index < -0.39 is 10.8 Å². The van der Waals surface area contributed by atoms with E-state index in [9.17, 15) is 25.4 Å². The summed E-state index contributed by atoms with van der Waals surface area (Å²) in [5, 5.41) is 33.6. The second kappa shape index (κ2) is 11.2. The van der Waals surface area contributed by atoms with Crippen LogP contribution in [-0.4, -0.2) is 10.8 Å². The van der Waals surface area contributed by atoms with Crippen molar-refractivity contribution < 1.29 is 14.5 Å². The van der Waals surface area contributed by atoms with Crippen LogP contribution in [0.3, 0.4) is 0 Å². The number of nitrogens with zero attached hydrogens (tertiary/aromatic N) is 3. The average molecular weight is 563 g/mol. The van der Waals surface area contributed by atoms with Crippen LogP contribution in [0.15, 0.2) is 52.5 Å². The minimum absolute atomic E-state index is 0.0394. The number of ether oxygens (including phenoxy) is 1. The van der Waals surface area contributed by atoms with E-state index in [1.807, 2.05) is 6.07 Å². The first-order valence-corrected chi connectivity index (χ1v) is 12.6. The summed E-state index contributed by atoms with van der Waals surface area (Å²) in [4.78, 5) is 24.7. The van der Waals surface area contributed by atoms with E-state index in [4.69, 9.17) is 4.74 Å². The lowest BCUT2D eigenvalue weighted by molar-refractivity contribution is -0.384. The number of nitro benzene ring substituents is 1. The van der Waals surface area contributed by atoms with Crippen LogP contribution in [-0.2, 0) is 24.2 Å². The van der Waals surface area contributed by atoms with Crippen molar-refractivity contribution in [3.05, 3.63) is 89.8 Å². The van der Waals surface area contributed by atoms with E-state index in [0.717, 1.165) is 36.1 Å². The average Bonchev–Trinajstić information content (AvgIpc) is 3.23. The Morgan fingerprint density at radius 2 is 2.03 bits per heavy atom. The molecule has 0 radical (unpaired) electrons. The van der Waals surface area contributed by atoms with Gasteiger partial charge in [-0.25, -0.2) is 0 Å². The number of carbonyl (C=O) groups excluding carboxylic acids is 1. The molecule has 1 aliphatic carbocycles. The van der Waals surface area contributed by atoms with Crippen LogP contribution < -0.4 is 10.1 Å². The summed E-state index contributed by atoms with van der Waals surface area (Å²) in [6.07, 6.45) is 5.18. The normalized spacial score (nSPS) is 12.7. The third kappa shape index (κ3) is 5.62. The fourth-order valence-corrected chi connectivity index (χ4v) is 5.54. The number of hydrogen-bond donors (Lipinski definition) is 1. The zero-order chi connectivity index (χ0) is 25.7. The molecule has 0 spiro atoms. The summed E-state index contributed by atoms with van der Waals surface area (Å²) < 4.78 is 6.59. The van der Waals surface area contributed by atoms with E-state index in [1.54, 1.807) is 30.3 Å². The SMILES string of the molecule is N#C/C(=C\c1cc(Br)ccc1OCc1cccc([N+](=O)[O-])c1)C(=O)Nc1sc2c(c1C#N)CCCC2. The molecular formula is C26H19BrN4O4S. The maximum atomic E-state index is 13.0. The van der Waals surface area contributed by atoms with Crippen LogP contribution in [0.4, 0.5) is 10.7 Å². The predicted molar refractivity (Wildman–Crippen MR) is 139 cm³/mol. The number of non-ortho nitro benzene ring substituents is 1. The van der Waals surface area contributed by atoms with E-state index >= 15 is 0 Å². The quantitative estimate of drug-likeness (QED) is 0.156. The topological polar surface area (TPSA) is 129 Å². The van der Waals surface area contributed by atoms with Crippen LogP contribution in [0.25, 0.3) is 6.08 Å². The number of amides is 1. The molecule has 0 saturated carbocycles. The highest BCUT2D eigenvalue weighted by molar-refractivity contribution is 9.10. The lowest BCUT2D eigenvalue weighted by atomic mass is 9.96. The molecule has 3 aromatic rings. The number of hydrogen-bond acceptors (Lipinski definition) is 7. The van der Waals surface area contributed by atoms with E-state index in [-0.39, 0.29) is 17.9 Å². The molecule has 4 rings (SSSR count). The molecule has 8 nitrogen and oxygen atoms in total. The van der Waals surface area contributed by atoms with Gasteiger partial charge in [-0.15, -0.1) is 11.3 Å². The molecule has 10 heteroatoms. The number of anilines is 1. The Morgan fingerprint density at radius 1 is 1.22 bits per heavy atom. The number of halogens is 1. The van der Waals surface area contributed by atoms with E-state index in [1.165, 1.54) is 29.5 Å². The summed E-state index contributed by atoms with van der Waals surface area (Å²) in [6.45, 7) is 0.0600. The fourth-order valence-electron chi connectivity index (χ4n) is 3.93. The van der Waals surface area contributed by atoms with Crippen LogP contribution in [0, 0.1) is 32.8 Å². The first-order valence-electron chi connectivity index (χ1n) is 11.0. The van der Waals surface area contributed by atoms with Gasteiger partial charge in [-0.05, 0) is 61.1 Å². The number of nitriles is 2. The second-order valence-electron chi connectivity index (χ2n) is 8.05. The molecule has 0 fully saturated rings. The van der Waals surface area contributed by atoms with Gasteiger partial charge in [-0.1, -0.05) is 28.1 Å². The molecule has 1 heterocycles. The lowest BCUT2D eigenvalue weighted by Gasteiger charge is -2.11. The van der Waals surface area contributed by atoms with E-state index in [0.29, 0.717) is 31.9 Å². The Balaban J connectivity index is 1.57. The molecule has 0 unspecified atom stereocenters. The highest BCUT2D eigenvalue weighted by Gasteiger charge is 2.23. The standard InChI is InChI=1S/C26H19BrN4O4S/c27-19-8-9-23(35-15-16-4-3-5-20(10-16)31(33)34)17(12-19)11-18(13-28)25(32)30-26-22(14-29)21-6-1-2-7-24(21)36-26/h3-5,8-12H,1-2,6-7,15H2,(H,30,32)/b18-11+. The van der Waals surface area contributed by atoms with Crippen molar-refractivity contribution in [1.29, 1.82) is 10.5 Å². The zero-order valence-corrected chi connectivity index (χ0v) is 21.3. The minimum atomic E-state index is -0.614. The molecule has 1 aromatic heterocycles. The van der Waals surface area contributed by atoms with Gasteiger partial charge in [0.2, 0.25) is 0 Å². The monoisotopic (exact) mass is 562 g/mol. The number of carbonyl (C=O) groups is 1. The van der Waals surface area contributed by atoms with Crippen molar-refractivity contribution in [1.82, 2.24) is 0 Å². The Bertz CT molecular complexity index is 1470. The predicted octanol–water partition coefficient (Wildman–Crippen LogP) is 6.29. The number of rotatable bonds is 7. The number of nitrogens with one attached hydrogen (secondary N) is 1. The molecule has 1 aliphatic rings. The van der Waals surface area contributed by atoms with Gasteiger partial charge in [0.1, 0.15) is 35.1 Å². The third-order valence-corrected chi connectivity index (χ3v) is 7.36. The van der Waals surface area contributed by atoms with Gasteiger partial charge in [0, 0.05) is 27.0 Å². The summed E-state index contributed by atoms with van der Waals surface area (Å²) in [5.41, 5.74) is 2.36. The molecule has 0 aliphatic heterocycles. The van der Waals surface area contributed by atoms with Crippen molar-refractivity contribution in [2.75, 3.05) is 5.32 Å². The Hall–Kier alpha value is -3.99. The molecule has 0 atom stereocenters. The van der Waals surface area contributed by atoms with Crippen molar-refractivity contribution in [3.63, 3.8) is 0 Å². The molecule has 2 aromatic carbocycles. The van der Waals surface area contributed by atoms with Gasteiger partial charge >= 0.3 is 0 Å². The van der Waals surface area contributed by atoms with Crippen molar-refractivity contribution in [3.8, 4) is 17.9 Å². The molecule has 0 saturated heterocycles. The number of benzene rings is 2. The molecule has 1 N–H and O–H groups in total. The highest BCUT2D eigenvalue weighted by Crippen LogP contribution is 2.38. The number of thiophene rings is 1. The van der Waals surface area contributed by atoms with Crippen LogP contribution in [0.2, 0.25) is 0 Å².